The van der Waals surface area contributed by atoms with E-state index in [-0.39, 0.29) is 0 Å². The maximum absolute atomic E-state index is 4.44. The molecule has 0 spiro atoms. The van der Waals surface area contributed by atoms with Crippen molar-refractivity contribution in [3.8, 4) is 11.4 Å². The minimum absolute atomic E-state index is 0.710. The number of H-pyrrole nitrogens is 1. The molecular formula is C20H20N6. The third-order valence-corrected chi connectivity index (χ3v) is 4.09. The quantitative estimate of drug-likeness (QED) is 0.560. The molecule has 26 heavy (non-hydrogen) atoms. The molecule has 0 saturated heterocycles. The third-order valence-electron chi connectivity index (χ3n) is 4.09. The van der Waals surface area contributed by atoms with E-state index in [4.69, 9.17) is 0 Å². The van der Waals surface area contributed by atoms with Crippen LogP contribution < -0.4 is 5.32 Å². The molecule has 2 aromatic carbocycles. The Morgan fingerprint density at radius 1 is 1.04 bits per heavy atom. The number of hydrogen-bond acceptors (Lipinski definition) is 4. The zero-order valence-corrected chi connectivity index (χ0v) is 14.6. The first kappa shape index (κ1) is 16.1. The van der Waals surface area contributed by atoms with Gasteiger partial charge in [-0.15, -0.1) is 0 Å². The summed E-state index contributed by atoms with van der Waals surface area (Å²) in [5.41, 5.74) is 4.39. The molecule has 0 fully saturated rings. The molecule has 4 rings (SSSR count). The second-order valence-corrected chi connectivity index (χ2v) is 6.21. The predicted octanol–water partition coefficient (Wildman–Crippen LogP) is 3.64. The van der Waals surface area contributed by atoms with Gasteiger partial charge in [0, 0.05) is 29.6 Å². The van der Waals surface area contributed by atoms with Crippen LogP contribution in [0.3, 0.4) is 0 Å². The van der Waals surface area contributed by atoms with E-state index in [1.807, 2.05) is 54.2 Å². The smallest absolute Gasteiger partial charge is 0.181 e. The van der Waals surface area contributed by atoms with Crippen LogP contribution in [-0.2, 0) is 13.1 Å². The molecule has 130 valence electrons. The number of aromatic nitrogens is 5. The summed E-state index contributed by atoms with van der Waals surface area (Å²) in [5, 5.41) is 15.0. The molecule has 0 unspecified atom stereocenters. The van der Waals surface area contributed by atoms with Crippen LogP contribution in [0.25, 0.3) is 11.4 Å². The van der Waals surface area contributed by atoms with Crippen molar-refractivity contribution in [1.29, 1.82) is 0 Å². The third kappa shape index (κ3) is 3.80. The summed E-state index contributed by atoms with van der Waals surface area (Å²) in [4.78, 5) is 4.38. The Morgan fingerprint density at radius 3 is 2.73 bits per heavy atom. The van der Waals surface area contributed by atoms with E-state index >= 15 is 0 Å². The summed E-state index contributed by atoms with van der Waals surface area (Å²) in [6.07, 6.45) is 3.97. The molecule has 2 heterocycles. The van der Waals surface area contributed by atoms with Gasteiger partial charge in [-0.3, -0.25) is 9.78 Å². The highest BCUT2D eigenvalue weighted by molar-refractivity contribution is 5.62. The Morgan fingerprint density at radius 2 is 1.92 bits per heavy atom. The maximum atomic E-state index is 4.44. The van der Waals surface area contributed by atoms with E-state index in [1.54, 1.807) is 0 Å². The van der Waals surface area contributed by atoms with Crippen LogP contribution in [0.4, 0.5) is 5.69 Å². The average molecular weight is 344 g/mol. The van der Waals surface area contributed by atoms with Crippen LogP contribution in [0.5, 0.6) is 0 Å². The molecule has 0 aliphatic heterocycles. The number of anilines is 1. The number of aryl methyl sites for hydroxylation is 1. The van der Waals surface area contributed by atoms with Crippen molar-refractivity contribution < 1.29 is 0 Å². The highest BCUT2D eigenvalue weighted by atomic mass is 15.3. The minimum Gasteiger partial charge on any atom is -0.381 e. The van der Waals surface area contributed by atoms with Crippen LogP contribution in [0.15, 0.2) is 67.0 Å². The van der Waals surface area contributed by atoms with Crippen LogP contribution in [0.1, 0.15) is 17.0 Å². The Bertz CT molecular complexity index is 986. The Balaban J connectivity index is 1.40. The lowest BCUT2D eigenvalue weighted by Gasteiger charge is -2.06. The molecule has 0 saturated carbocycles. The van der Waals surface area contributed by atoms with Gasteiger partial charge in [0.15, 0.2) is 5.82 Å². The Kier molecular flexibility index (Phi) is 4.47. The normalized spacial score (nSPS) is 10.8. The Labute approximate surface area is 151 Å². The van der Waals surface area contributed by atoms with Gasteiger partial charge in [0.1, 0.15) is 5.82 Å². The van der Waals surface area contributed by atoms with Gasteiger partial charge in [0.05, 0.1) is 12.7 Å². The summed E-state index contributed by atoms with van der Waals surface area (Å²) in [5.74, 6) is 1.52. The summed E-state index contributed by atoms with van der Waals surface area (Å²) in [6, 6.07) is 18.4. The molecule has 2 N–H and O–H groups in total. The minimum atomic E-state index is 0.710. The van der Waals surface area contributed by atoms with Gasteiger partial charge < -0.3 is 5.32 Å². The maximum Gasteiger partial charge on any atom is 0.181 e. The fraction of sp³-hybridized carbons (Fsp3) is 0.150. The molecule has 0 atom stereocenters. The predicted molar refractivity (Wildman–Crippen MR) is 102 cm³/mol. The average Bonchev–Trinajstić information content (AvgIpc) is 3.30. The van der Waals surface area contributed by atoms with Crippen LogP contribution >= 0.6 is 0 Å². The van der Waals surface area contributed by atoms with E-state index in [9.17, 15) is 0 Å². The Hall–Kier alpha value is -3.41. The highest BCUT2D eigenvalue weighted by Gasteiger charge is 2.05. The van der Waals surface area contributed by atoms with Gasteiger partial charge in [-0.05, 0) is 24.6 Å². The fourth-order valence-corrected chi connectivity index (χ4v) is 2.80. The zero-order valence-electron chi connectivity index (χ0n) is 14.6. The van der Waals surface area contributed by atoms with Crippen molar-refractivity contribution in [1.82, 2.24) is 25.0 Å². The van der Waals surface area contributed by atoms with Crippen molar-refractivity contribution in [2.75, 3.05) is 5.32 Å². The summed E-state index contributed by atoms with van der Waals surface area (Å²) < 4.78 is 1.96. The molecule has 0 aliphatic carbocycles. The van der Waals surface area contributed by atoms with Gasteiger partial charge in [-0.25, -0.2) is 4.98 Å². The largest absolute Gasteiger partial charge is 0.381 e. The molecular weight excluding hydrogens is 324 g/mol. The first-order chi connectivity index (χ1) is 12.8. The van der Waals surface area contributed by atoms with Gasteiger partial charge >= 0.3 is 0 Å². The van der Waals surface area contributed by atoms with E-state index in [1.165, 1.54) is 5.56 Å². The molecule has 6 heteroatoms. The number of hydrogen-bond donors (Lipinski definition) is 2. The topological polar surface area (TPSA) is 71.4 Å². The van der Waals surface area contributed by atoms with Gasteiger partial charge in [0.25, 0.3) is 0 Å². The number of rotatable bonds is 6. The van der Waals surface area contributed by atoms with Crippen molar-refractivity contribution in [3.05, 3.63) is 83.9 Å². The molecule has 0 aliphatic rings. The van der Waals surface area contributed by atoms with Crippen LogP contribution in [-0.4, -0.2) is 25.0 Å². The number of nitrogens with zero attached hydrogens (tertiary/aromatic N) is 4. The molecule has 4 aromatic rings. The molecule has 0 radical (unpaired) electrons. The molecule has 6 nitrogen and oxygen atoms in total. The molecule has 0 bridgehead atoms. The summed E-state index contributed by atoms with van der Waals surface area (Å²) >= 11 is 0. The first-order valence-electron chi connectivity index (χ1n) is 8.55. The number of benzene rings is 2. The number of nitrogens with one attached hydrogen (secondary N) is 2. The van der Waals surface area contributed by atoms with Crippen LogP contribution in [0, 0.1) is 6.92 Å². The van der Waals surface area contributed by atoms with Gasteiger partial charge in [-0.1, -0.05) is 42.5 Å². The van der Waals surface area contributed by atoms with Gasteiger partial charge in [-0.2, -0.15) is 10.2 Å². The van der Waals surface area contributed by atoms with Crippen molar-refractivity contribution in [2.45, 2.75) is 20.0 Å². The van der Waals surface area contributed by atoms with E-state index in [0.717, 1.165) is 29.2 Å². The van der Waals surface area contributed by atoms with E-state index in [2.05, 4.69) is 50.0 Å². The zero-order chi connectivity index (χ0) is 17.8. The number of aromatic amines is 1. The second-order valence-electron chi connectivity index (χ2n) is 6.21. The van der Waals surface area contributed by atoms with Crippen molar-refractivity contribution >= 4 is 5.69 Å². The SMILES string of the molecule is Cc1nc(-c2cccc(NCc3cnn(Cc4ccccc4)c3)c2)n[nH]1. The summed E-state index contributed by atoms with van der Waals surface area (Å²) in [7, 11) is 0. The van der Waals surface area contributed by atoms with Crippen molar-refractivity contribution in [3.63, 3.8) is 0 Å². The van der Waals surface area contributed by atoms with Crippen molar-refractivity contribution in [2.24, 2.45) is 0 Å². The second kappa shape index (κ2) is 7.23. The first-order valence-corrected chi connectivity index (χ1v) is 8.55. The fourth-order valence-electron chi connectivity index (χ4n) is 2.80. The monoisotopic (exact) mass is 344 g/mol. The highest BCUT2D eigenvalue weighted by Crippen LogP contribution is 2.19. The van der Waals surface area contributed by atoms with E-state index < -0.39 is 0 Å². The van der Waals surface area contributed by atoms with Crippen LogP contribution in [0.2, 0.25) is 0 Å². The molecule has 0 amide bonds. The lowest BCUT2D eigenvalue weighted by Crippen LogP contribution is -2.00. The van der Waals surface area contributed by atoms with E-state index in [0.29, 0.717) is 12.4 Å². The summed E-state index contributed by atoms with van der Waals surface area (Å²) in [6.45, 7) is 3.39. The molecule has 2 aromatic heterocycles. The standard InChI is InChI=1S/C20H20N6/c1-15-23-20(25-24-15)18-8-5-9-19(10-18)21-11-17-12-22-26(14-17)13-16-6-3-2-4-7-16/h2-10,12,14,21H,11,13H2,1H3,(H,23,24,25). The van der Waals surface area contributed by atoms with Gasteiger partial charge in [0.2, 0.25) is 0 Å². The lowest BCUT2D eigenvalue weighted by molar-refractivity contribution is 0.686. The lowest BCUT2D eigenvalue weighted by atomic mass is 10.2.